The predicted octanol–water partition coefficient (Wildman–Crippen LogP) is 1.18. The van der Waals surface area contributed by atoms with Gasteiger partial charge in [-0.25, -0.2) is 4.79 Å². The third-order valence-electron chi connectivity index (χ3n) is 2.14. The van der Waals surface area contributed by atoms with Gasteiger partial charge in [-0.1, -0.05) is 12.1 Å². The normalized spacial score (nSPS) is 10.6. The van der Waals surface area contributed by atoms with E-state index in [1.807, 2.05) is 6.92 Å². The molecule has 6 heteroatoms. The van der Waals surface area contributed by atoms with Gasteiger partial charge in [0, 0.05) is 18.8 Å². The van der Waals surface area contributed by atoms with Gasteiger partial charge in [-0.3, -0.25) is 0 Å². The van der Waals surface area contributed by atoms with Crippen molar-refractivity contribution in [2.24, 2.45) is 0 Å². The van der Waals surface area contributed by atoms with Crippen LogP contribution in [0.4, 0.5) is 0 Å². The Morgan fingerprint density at radius 2 is 2.44 bits per heavy atom. The summed E-state index contributed by atoms with van der Waals surface area (Å²) in [6.45, 7) is 2.33. The van der Waals surface area contributed by atoms with Gasteiger partial charge in [-0.15, -0.1) is 0 Å². The van der Waals surface area contributed by atoms with E-state index in [0.717, 1.165) is 6.42 Å². The largest absolute Gasteiger partial charge is 0.478 e. The molecule has 0 unspecified atom stereocenters. The second-order valence-electron chi connectivity index (χ2n) is 3.34. The molecule has 16 heavy (non-hydrogen) atoms. The Labute approximate surface area is 91.5 Å². The van der Waals surface area contributed by atoms with Crippen LogP contribution in [0.1, 0.15) is 29.0 Å². The second-order valence-corrected chi connectivity index (χ2v) is 3.34. The third kappa shape index (κ3) is 2.10. The average molecular weight is 221 g/mol. The molecule has 0 radical (unpaired) electrons. The molecule has 0 bridgehead atoms. The van der Waals surface area contributed by atoms with Crippen molar-refractivity contribution in [2.45, 2.75) is 19.9 Å². The zero-order valence-electron chi connectivity index (χ0n) is 8.75. The number of carbonyl (C=O) groups is 1. The van der Waals surface area contributed by atoms with Crippen LogP contribution < -0.4 is 0 Å². The lowest BCUT2D eigenvalue weighted by atomic mass is 10.4. The minimum Gasteiger partial charge on any atom is -0.478 e. The topological polar surface area (TPSA) is 81.2 Å². The van der Waals surface area contributed by atoms with E-state index in [0.29, 0.717) is 18.3 Å². The van der Waals surface area contributed by atoms with Crippen molar-refractivity contribution in [2.75, 3.05) is 0 Å². The number of hydrogen-bond acceptors (Lipinski definition) is 4. The van der Waals surface area contributed by atoms with Crippen LogP contribution in [0, 0.1) is 0 Å². The molecule has 0 saturated carbocycles. The Morgan fingerprint density at radius 3 is 3.00 bits per heavy atom. The van der Waals surface area contributed by atoms with E-state index in [1.54, 1.807) is 10.8 Å². The average Bonchev–Trinajstić information content (AvgIpc) is 2.87. The van der Waals surface area contributed by atoms with Crippen molar-refractivity contribution in [3.63, 3.8) is 0 Å². The second kappa shape index (κ2) is 4.18. The van der Waals surface area contributed by atoms with Gasteiger partial charge in [0.05, 0.1) is 5.56 Å². The fraction of sp³-hybridized carbons (Fsp3) is 0.300. The molecule has 2 aromatic rings. The maximum absolute atomic E-state index is 10.7. The highest BCUT2D eigenvalue weighted by atomic mass is 16.5. The molecule has 0 spiro atoms. The van der Waals surface area contributed by atoms with Crippen molar-refractivity contribution in [1.82, 2.24) is 14.7 Å². The molecule has 2 aromatic heterocycles. The fourth-order valence-corrected chi connectivity index (χ4v) is 1.32. The Morgan fingerprint density at radius 1 is 1.62 bits per heavy atom. The van der Waals surface area contributed by atoms with E-state index >= 15 is 0 Å². The lowest BCUT2D eigenvalue weighted by Gasteiger charge is -1.95. The third-order valence-corrected chi connectivity index (χ3v) is 2.14. The standard InChI is InChI=1S/C10H11N3O3/c1-2-8-11-9(16-12-8)6-13-4-3-7(5-13)10(14)15/h3-5H,2,6H2,1H3,(H,14,15). The summed E-state index contributed by atoms with van der Waals surface area (Å²) in [5, 5.41) is 12.5. The summed E-state index contributed by atoms with van der Waals surface area (Å²) in [5.41, 5.74) is 0.246. The van der Waals surface area contributed by atoms with Gasteiger partial charge in [0.2, 0.25) is 5.89 Å². The van der Waals surface area contributed by atoms with Gasteiger partial charge in [0.15, 0.2) is 5.82 Å². The summed E-state index contributed by atoms with van der Waals surface area (Å²) >= 11 is 0. The molecule has 1 N–H and O–H groups in total. The summed E-state index contributed by atoms with van der Waals surface area (Å²) in [4.78, 5) is 14.8. The van der Waals surface area contributed by atoms with Crippen molar-refractivity contribution in [3.05, 3.63) is 35.7 Å². The van der Waals surface area contributed by atoms with Crippen molar-refractivity contribution >= 4 is 5.97 Å². The lowest BCUT2D eigenvalue weighted by Crippen LogP contribution is -1.98. The quantitative estimate of drug-likeness (QED) is 0.838. The molecule has 0 saturated heterocycles. The zero-order valence-corrected chi connectivity index (χ0v) is 8.75. The number of aromatic nitrogens is 3. The Bertz CT molecular complexity index is 501. The van der Waals surface area contributed by atoms with Crippen LogP contribution in [0.15, 0.2) is 23.0 Å². The molecule has 0 amide bonds. The fourth-order valence-electron chi connectivity index (χ4n) is 1.32. The molecule has 0 fully saturated rings. The Kier molecular flexibility index (Phi) is 2.72. The Hall–Kier alpha value is -2.11. The molecule has 0 aliphatic rings. The zero-order chi connectivity index (χ0) is 11.5. The van der Waals surface area contributed by atoms with E-state index in [9.17, 15) is 4.79 Å². The minimum absolute atomic E-state index is 0.246. The first-order chi connectivity index (χ1) is 7.69. The molecule has 6 nitrogen and oxygen atoms in total. The van der Waals surface area contributed by atoms with Crippen LogP contribution in [-0.2, 0) is 13.0 Å². The molecule has 0 aliphatic carbocycles. The summed E-state index contributed by atoms with van der Waals surface area (Å²) in [6, 6.07) is 1.53. The molecule has 2 heterocycles. The Balaban J connectivity index is 2.11. The maximum atomic E-state index is 10.7. The highest BCUT2D eigenvalue weighted by Crippen LogP contribution is 2.05. The van der Waals surface area contributed by atoms with Crippen LogP contribution in [0.25, 0.3) is 0 Å². The van der Waals surface area contributed by atoms with Gasteiger partial charge < -0.3 is 14.2 Å². The number of carboxylic acid groups (broad SMARTS) is 1. The maximum Gasteiger partial charge on any atom is 0.337 e. The van der Waals surface area contributed by atoms with Crippen LogP contribution in [0.5, 0.6) is 0 Å². The van der Waals surface area contributed by atoms with Crippen LogP contribution in [0.2, 0.25) is 0 Å². The molecular weight excluding hydrogens is 210 g/mol. The van der Waals surface area contributed by atoms with E-state index in [4.69, 9.17) is 9.63 Å². The van der Waals surface area contributed by atoms with E-state index in [-0.39, 0.29) is 5.56 Å². The van der Waals surface area contributed by atoms with Gasteiger partial charge in [0.1, 0.15) is 6.54 Å². The highest BCUT2D eigenvalue weighted by Gasteiger charge is 2.08. The number of carboxylic acids is 1. The first-order valence-corrected chi connectivity index (χ1v) is 4.89. The molecular formula is C10H11N3O3. The van der Waals surface area contributed by atoms with Gasteiger partial charge >= 0.3 is 5.97 Å². The summed E-state index contributed by atoms with van der Waals surface area (Å²) in [7, 11) is 0. The first-order valence-electron chi connectivity index (χ1n) is 4.89. The monoisotopic (exact) mass is 221 g/mol. The lowest BCUT2D eigenvalue weighted by molar-refractivity contribution is 0.0697. The number of nitrogens with zero attached hydrogens (tertiary/aromatic N) is 3. The molecule has 84 valence electrons. The number of hydrogen-bond donors (Lipinski definition) is 1. The number of rotatable bonds is 4. The molecule has 0 aliphatic heterocycles. The van der Waals surface area contributed by atoms with Gasteiger partial charge in [-0.05, 0) is 6.07 Å². The van der Waals surface area contributed by atoms with E-state index in [1.165, 1.54) is 12.3 Å². The smallest absolute Gasteiger partial charge is 0.337 e. The van der Waals surface area contributed by atoms with E-state index < -0.39 is 5.97 Å². The predicted molar refractivity (Wildman–Crippen MR) is 54.2 cm³/mol. The van der Waals surface area contributed by atoms with Gasteiger partial charge in [0.25, 0.3) is 0 Å². The van der Waals surface area contributed by atoms with Crippen LogP contribution >= 0.6 is 0 Å². The summed E-state index contributed by atoms with van der Waals surface area (Å²) in [5.74, 6) is 0.184. The van der Waals surface area contributed by atoms with Crippen molar-refractivity contribution in [3.8, 4) is 0 Å². The number of aryl methyl sites for hydroxylation is 1. The van der Waals surface area contributed by atoms with Crippen LogP contribution in [0.3, 0.4) is 0 Å². The van der Waals surface area contributed by atoms with Crippen LogP contribution in [-0.4, -0.2) is 25.8 Å². The summed E-state index contributed by atoms with van der Waals surface area (Å²) in [6.07, 6.45) is 3.91. The molecule has 2 rings (SSSR count). The molecule has 0 atom stereocenters. The minimum atomic E-state index is -0.946. The van der Waals surface area contributed by atoms with Gasteiger partial charge in [-0.2, -0.15) is 4.98 Å². The molecule has 0 aromatic carbocycles. The SMILES string of the molecule is CCc1noc(Cn2ccc(C(=O)O)c2)n1. The van der Waals surface area contributed by atoms with E-state index in [2.05, 4.69) is 10.1 Å². The van der Waals surface area contributed by atoms with Crippen molar-refractivity contribution < 1.29 is 14.4 Å². The highest BCUT2D eigenvalue weighted by molar-refractivity contribution is 5.87. The van der Waals surface area contributed by atoms with Crippen molar-refractivity contribution in [1.29, 1.82) is 0 Å². The number of aromatic carboxylic acids is 1. The first kappa shape index (κ1) is 10.4. The summed E-state index contributed by atoms with van der Waals surface area (Å²) < 4.78 is 6.69.